The highest BCUT2D eigenvalue weighted by Crippen LogP contribution is 2.39. The average Bonchev–Trinajstić information content (AvgIpc) is 2.89. The van der Waals surface area contributed by atoms with Gasteiger partial charge in [-0.2, -0.15) is 0 Å². The third-order valence-electron chi connectivity index (χ3n) is 4.14. The van der Waals surface area contributed by atoms with Gasteiger partial charge in [-0.3, -0.25) is 15.0 Å². The monoisotopic (exact) mass is 390 g/mol. The molecule has 1 aliphatic heterocycles. The van der Waals surface area contributed by atoms with Crippen molar-refractivity contribution in [3.05, 3.63) is 76.8 Å². The Hall–Kier alpha value is -2.34. The molecule has 0 saturated carbocycles. The topological polar surface area (TPSA) is 58.6 Å². The van der Waals surface area contributed by atoms with Crippen LogP contribution in [0, 0.1) is 0 Å². The van der Waals surface area contributed by atoms with Gasteiger partial charge in [0.2, 0.25) is 0 Å². The predicted molar refractivity (Wildman–Crippen MR) is 102 cm³/mol. The van der Waals surface area contributed by atoms with E-state index in [0.717, 1.165) is 0 Å². The summed E-state index contributed by atoms with van der Waals surface area (Å²) >= 11 is 12.1. The van der Waals surface area contributed by atoms with Gasteiger partial charge in [-0.1, -0.05) is 59.6 Å². The number of urea groups is 1. The van der Waals surface area contributed by atoms with Gasteiger partial charge in [0.25, 0.3) is 5.91 Å². The number of hydrogen-bond donors (Lipinski definition) is 1. The molecule has 5 nitrogen and oxygen atoms in total. The second-order valence-electron chi connectivity index (χ2n) is 5.72. The first-order valence-corrected chi connectivity index (χ1v) is 8.61. The maximum absolute atomic E-state index is 12.9. The molecule has 1 heterocycles. The number of halogens is 2. The summed E-state index contributed by atoms with van der Waals surface area (Å²) < 4.78 is 5.62. The molecule has 2 aromatic rings. The van der Waals surface area contributed by atoms with Crippen molar-refractivity contribution in [1.82, 2.24) is 5.32 Å². The van der Waals surface area contributed by atoms with E-state index >= 15 is 0 Å². The first kappa shape index (κ1) is 18.5. The number of benzene rings is 2. The molecule has 26 heavy (non-hydrogen) atoms. The van der Waals surface area contributed by atoms with Gasteiger partial charge in [-0.25, -0.2) is 4.79 Å². The van der Waals surface area contributed by atoms with Crippen molar-refractivity contribution in [3.8, 4) is 0 Å². The number of ether oxygens (including phenoxy) is 1. The van der Waals surface area contributed by atoms with Gasteiger partial charge in [-0.15, -0.1) is 6.58 Å². The Morgan fingerprint density at radius 1 is 1.12 bits per heavy atom. The van der Waals surface area contributed by atoms with E-state index in [4.69, 9.17) is 27.9 Å². The van der Waals surface area contributed by atoms with E-state index in [0.29, 0.717) is 16.3 Å². The summed E-state index contributed by atoms with van der Waals surface area (Å²) in [6, 6.07) is 13.2. The van der Waals surface area contributed by atoms with Crippen LogP contribution in [0.4, 0.5) is 10.5 Å². The molecule has 1 atom stereocenters. The van der Waals surface area contributed by atoms with E-state index in [1.165, 1.54) is 4.90 Å². The number of imide groups is 1. The zero-order valence-corrected chi connectivity index (χ0v) is 15.3. The quantitative estimate of drug-likeness (QED) is 0.457. The Morgan fingerprint density at radius 2 is 1.85 bits per heavy atom. The molecule has 1 fully saturated rings. The summed E-state index contributed by atoms with van der Waals surface area (Å²) in [6.45, 7) is 3.82. The van der Waals surface area contributed by atoms with E-state index in [1.807, 2.05) is 6.07 Å². The summed E-state index contributed by atoms with van der Waals surface area (Å²) in [6.07, 6.45) is 1.58. The number of nitrogens with one attached hydrogen (secondary N) is 1. The van der Waals surface area contributed by atoms with Crippen LogP contribution in [-0.2, 0) is 15.1 Å². The minimum atomic E-state index is -1.36. The number of carbonyl (C=O) groups is 2. The first-order chi connectivity index (χ1) is 12.5. The third-order valence-corrected chi connectivity index (χ3v) is 4.88. The van der Waals surface area contributed by atoms with Crippen LogP contribution in [-0.4, -0.2) is 25.2 Å². The van der Waals surface area contributed by atoms with Crippen LogP contribution >= 0.6 is 23.2 Å². The molecular formula is C19H16Cl2N2O3. The Kier molecular flexibility index (Phi) is 5.32. The second kappa shape index (κ2) is 7.50. The normalized spacial score (nSPS) is 19.5. The summed E-state index contributed by atoms with van der Waals surface area (Å²) in [5, 5.41) is 3.02. The highest BCUT2D eigenvalue weighted by atomic mass is 35.5. The first-order valence-electron chi connectivity index (χ1n) is 7.85. The van der Waals surface area contributed by atoms with E-state index in [2.05, 4.69) is 11.9 Å². The summed E-state index contributed by atoms with van der Waals surface area (Å²) in [7, 11) is 0. The van der Waals surface area contributed by atoms with Crippen LogP contribution in [0.3, 0.4) is 0 Å². The molecule has 0 aliphatic carbocycles. The van der Waals surface area contributed by atoms with Crippen LogP contribution in [0.1, 0.15) is 5.56 Å². The fraction of sp³-hybridized carbons (Fsp3) is 0.158. The van der Waals surface area contributed by atoms with Crippen molar-refractivity contribution >= 4 is 40.8 Å². The van der Waals surface area contributed by atoms with E-state index < -0.39 is 17.5 Å². The fourth-order valence-corrected chi connectivity index (χ4v) is 3.26. The molecule has 0 bridgehead atoms. The smallest absolute Gasteiger partial charge is 0.329 e. The SMILES string of the molecule is C=CCOCC1(c2ccccc2)C(=O)NC(=O)N1c1ccc(Cl)c(Cl)c1. The Morgan fingerprint density at radius 3 is 2.50 bits per heavy atom. The van der Waals surface area contributed by atoms with Gasteiger partial charge in [-0.05, 0) is 23.8 Å². The number of carbonyl (C=O) groups excluding carboxylic acids is 2. The van der Waals surface area contributed by atoms with Crippen molar-refractivity contribution in [1.29, 1.82) is 0 Å². The lowest BCUT2D eigenvalue weighted by molar-refractivity contribution is -0.125. The van der Waals surface area contributed by atoms with Crippen LogP contribution in [0.15, 0.2) is 61.2 Å². The minimum absolute atomic E-state index is 0.0408. The minimum Gasteiger partial charge on any atom is -0.374 e. The zero-order valence-electron chi connectivity index (χ0n) is 13.7. The standard InChI is InChI=1S/C19H16Cl2N2O3/c1-2-10-26-12-19(13-6-4-3-5-7-13)17(24)22-18(25)23(19)14-8-9-15(20)16(21)11-14/h2-9,11H,1,10,12H2,(H,22,24,25). The Bertz CT molecular complexity index is 857. The highest BCUT2D eigenvalue weighted by Gasteiger charge is 2.55. The van der Waals surface area contributed by atoms with Crippen LogP contribution in [0.2, 0.25) is 10.0 Å². The van der Waals surface area contributed by atoms with Gasteiger partial charge < -0.3 is 4.74 Å². The molecule has 1 aliphatic rings. The van der Waals surface area contributed by atoms with Gasteiger partial charge in [0.1, 0.15) is 0 Å². The lowest BCUT2D eigenvalue weighted by Gasteiger charge is -2.35. The molecule has 7 heteroatoms. The average molecular weight is 391 g/mol. The van der Waals surface area contributed by atoms with Gasteiger partial charge in [0, 0.05) is 5.69 Å². The van der Waals surface area contributed by atoms with Gasteiger partial charge >= 0.3 is 6.03 Å². The maximum Gasteiger partial charge on any atom is 0.329 e. The van der Waals surface area contributed by atoms with Gasteiger partial charge in [0.05, 0.1) is 23.3 Å². The van der Waals surface area contributed by atoms with Crippen molar-refractivity contribution in [3.63, 3.8) is 0 Å². The number of anilines is 1. The zero-order chi connectivity index (χ0) is 18.7. The molecule has 1 saturated heterocycles. The number of amides is 3. The van der Waals surface area contributed by atoms with Gasteiger partial charge in [0.15, 0.2) is 5.54 Å². The number of rotatable bonds is 6. The summed E-state index contributed by atoms with van der Waals surface area (Å²) in [5.41, 5.74) is -0.300. The molecule has 134 valence electrons. The van der Waals surface area contributed by atoms with Crippen molar-refractivity contribution in [2.75, 3.05) is 18.1 Å². The molecule has 0 spiro atoms. The van der Waals surface area contributed by atoms with E-state index in [-0.39, 0.29) is 18.2 Å². The van der Waals surface area contributed by atoms with E-state index in [9.17, 15) is 9.59 Å². The number of hydrogen-bond acceptors (Lipinski definition) is 3. The van der Waals surface area contributed by atoms with E-state index in [1.54, 1.807) is 48.5 Å². The van der Waals surface area contributed by atoms with Crippen molar-refractivity contribution in [2.24, 2.45) is 0 Å². The summed E-state index contributed by atoms with van der Waals surface area (Å²) in [4.78, 5) is 26.9. The lowest BCUT2D eigenvalue weighted by atomic mass is 9.88. The molecule has 0 aromatic heterocycles. The molecule has 3 amide bonds. The Labute approximate surface area is 161 Å². The van der Waals surface area contributed by atoms with Crippen molar-refractivity contribution in [2.45, 2.75) is 5.54 Å². The summed E-state index contributed by atoms with van der Waals surface area (Å²) in [5.74, 6) is -0.469. The number of nitrogens with zero attached hydrogens (tertiary/aromatic N) is 1. The molecule has 1 N–H and O–H groups in total. The molecule has 3 rings (SSSR count). The highest BCUT2D eigenvalue weighted by molar-refractivity contribution is 6.42. The fourth-order valence-electron chi connectivity index (χ4n) is 2.97. The third kappa shape index (κ3) is 3.09. The molecular weight excluding hydrogens is 375 g/mol. The van der Waals surface area contributed by atoms with Crippen LogP contribution < -0.4 is 10.2 Å². The van der Waals surface area contributed by atoms with Crippen LogP contribution in [0.25, 0.3) is 0 Å². The predicted octanol–water partition coefficient (Wildman–Crippen LogP) is 4.15. The maximum atomic E-state index is 12.9. The Balaban J connectivity index is 2.17. The molecule has 2 aromatic carbocycles. The second-order valence-corrected chi connectivity index (χ2v) is 6.54. The molecule has 0 radical (unpaired) electrons. The molecule has 1 unspecified atom stereocenters. The largest absolute Gasteiger partial charge is 0.374 e. The van der Waals surface area contributed by atoms with Crippen LogP contribution in [0.5, 0.6) is 0 Å². The lowest BCUT2D eigenvalue weighted by Crippen LogP contribution is -2.51. The van der Waals surface area contributed by atoms with Crippen molar-refractivity contribution < 1.29 is 14.3 Å².